The SMILES string of the molecule is N#Cc1sc(NC(=O)[C@H]2CCC[C@@H](C(=O)O)C2)nc1-c1cc(F)cc(F)c1. The number of carbonyl (C=O) groups excluding carboxylic acids is 1. The quantitative estimate of drug-likeness (QED) is 0.825. The third kappa shape index (κ3) is 4.28. The molecule has 140 valence electrons. The summed E-state index contributed by atoms with van der Waals surface area (Å²) in [6, 6.07) is 4.74. The third-order valence-electron chi connectivity index (χ3n) is 4.49. The van der Waals surface area contributed by atoms with Gasteiger partial charge in [0.1, 0.15) is 28.3 Å². The summed E-state index contributed by atoms with van der Waals surface area (Å²) >= 11 is 0.900. The second kappa shape index (κ2) is 7.80. The predicted octanol–water partition coefficient (Wildman–Crippen LogP) is 3.79. The lowest BCUT2D eigenvalue weighted by atomic mass is 9.81. The highest BCUT2D eigenvalue weighted by molar-refractivity contribution is 7.16. The zero-order valence-electron chi connectivity index (χ0n) is 14.0. The molecule has 0 aliphatic heterocycles. The van der Waals surface area contributed by atoms with Crippen molar-refractivity contribution in [1.82, 2.24) is 4.98 Å². The van der Waals surface area contributed by atoms with E-state index in [1.807, 2.05) is 6.07 Å². The number of halogens is 2. The molecular weight excluding hydrogens is 376 g/mol. The molecule has 1 amide bonds. The summed E-state index contributed by atoms with van der Waals surface area (Å²) in [5.74, 6) is -3.88. The van der Waals surface area contributed by atoms with E-state index >= 15 is 0 Å². The fourth-order valence-electron chi connectivity index (χ4n) is 3.20. The summed E-state index contributed by atoms with van der Waals surface area (Å²) in [4.78, 5) is 27.8. The molecule has 1 heterocycles. The van der Waals surface area contributed by atoms with Gasteiger partial charge in [0.05, 0.1) is 5.92 Å². The lowest BCUT2D eigenvalue weighted by molar-refractivity contribution is -0.143. The number of aromatic nitrogens is 1. The van der Waals surface area contributed by atoms with E-state index in [1.165, 1.54) is 0 Å². The van der Waals surface area contributed by atoms with Crippen LogP contribution in [0.1, 0.15) is 30.6 Å². The van der Waals surface area contributed by atoms with Gasteiger partial charge in [-0.2, -0.15) is 5.26 Å². The average Bonchev–Trinajstić information content (AvgIpc) is 3.04. The third-order valence-corrected chi connectivity index (χ3v) is 5.36. The molecule has 0 bridgehead atoms. The minimum absolute atomic E-state index is 0.0863. The number of rotatable bonds is 4. The lowest BCUT2D eigenvalue weighted by Gasteiger charge is -2.25. The van der Waals surface area contributed by atoms with E-state index in [2.05, 4.69) is 10.3 Å². The van der Waals surface area contributed by atoms with Crippen LogP contribution in [0.25, 0.3) is 11.3 Å². The van der Waals surface area contributed by atoms with Crippen molar-refractivity contribution in [3.8, 4) is 17.3 Å². The minimum atomic E-state index is -0.913. The Bertz CT molecular complexity index is 918. The fraction of sp³-hybridized carbons (Fsp3) is 0.333. The molecule has 1 aromatic heterocycles. The number of anilines is 1. The minimum Gasteiger partial charge on any atom is -0.481 e. The number of carboxylic acid groups (broad SMARTS) is 1. The maximum atomic E-state index is 13.4. The highest BCUT2D eigenvalue weighted by Gasteiger charge is 2.31. The van der Waals surface area contributed by atoms with Crippen LogP contribution in [-0.2, 0) is 9.59 Å². The number of hydrogen-bond acceptors (Lipinski definition) is 5. The Morgan fingerprint density at radius 1 is 1.22 bits per heavy atom. The zero-order chi connectivity index (χ0) is 19.6. The van der Waals surface area contributed by atoms with Gasteiger partial charge >= 0.3 is 5.97 Å². The molecule has 0 spiro atoms. The number of carbonyl (C=O) groups is 2. The summed E-state index contributed by atoms with van der Waals surface area (Å²) in [6.45, 7) is 0. The summed E-state index contributed by atoms with van der Waals surface area (Å²) < 4.78 is 26.9. The van der Waals surface area contributed by atoms with Crippen LogP contribution < -0.4 is 5.32 Å². The summed E-state index contributed by atoms with van der Waals surface area (Å²) in [7, 11) is 0. The van der Waals surface area contributed by atoms with Crippen LogP contribution in [0.2, 0.25) is 0 Å². The van der Waals surface area contributed by atoms with Crippen molar-refractivity contribution in [3.63, 3.8) is 0 Å². The molecule has 2 N–H and O–H groups in total. The molecule has 1 aliphatic rings. The first kappa shape index (κ1) is 18.9. The van der Waals surface area contributed by atoms with Crippen LogP contribution in [0.3, 0.4) is 0 Å². The summed E-state index contributed by atoms with van der Waals surface area (Å²) in [5.41, 5.74) is 0.188. The molecule has 1 aromatic carbocycles. The number of carboxylic acids is 1. The lowest BCUT2D eigenvalue weighted by Crippen LogP contribution is -2.30. The van der Waals surface area contributed by atoms with E-state index in [4.69, 9.17) is 5.11 Å². The predicted molar refractivity (Wildman–Crippen MR) is 93.9 cm³/mol. The van der Waals surface area contributed by atoms with E-state index in [9.17, 15) is 23.6 Å². The van der Waals surface area contributed by atoms with Gasteiger partial charge in [0.2, 0.25) is 5.91 Å². The van der Waals surface area contributed by atoms with Crippen molar-refractivity contribution >= 4 is 28.3 Å². The van der Waals surface area contributed by atoms with Crippen molar-refractivity contribution in [1.29, 1.82) is 5.26 Å². The van der Waals surface area contributed by atoms with Gasteiger partial charge in [0.15, 0.2) is 5.13 Å². The van der Waals surface area contributed by atoms with Crippen LogP contribution in [0.15, 0.2) is 18.2 Å². The topological polar surface area (TPSA) is 103 Å². The van der Waals surface area contributed by atoms with E-state index in [-0.39, 0.29) is 33.6 Å². The Morgan fingerprint density at radius 2 is 1.89 bits per heavy atom. The van der Waals surface area contributed by atoms with Crippen molar-refractivity contribution in [2.75, 3.05) is 5.32 Å². The molecule has 1 fully saturated rings. The second-order valence-corrected chi connectivity index (χ2v) is 7.35. The Kier molecular flexibility index (Phi) is 5.46. The van der Waals surface area contributed by atoms with Gasteiger partial charge in [-0.15, -0.1) is 0 Å². The molecule has 2 atom stereocenters. The first-order chi connectivity index (χ1) is 12.9. The van der Waals surface area contributed by atoms with Crippen LogP contribution in [0, 0.1) is 34.8 Å². The highest BCUT2D eigenvalue weighted by atomic mass is 32.1. The van der Waals surface area contributed by atoms with E-state index in [1.54, 1.807) is 0 Å². The van der Waals surface area contributed by atoms with Crippen LogP contribution in [0.4, 0.5) is 13.9 Å². The van der Waals surface area contributed by atoms with E-state index in [0.29, 0.717) is 25.3 Å². The number of amides is 1. The van der Waals surface area contributed by atoms with Crippen molar-refractivity contribution < 1.29 is 23.5 Å². The van der Waals surface area contributed by atoms with Gasteiger partial charge < -0.3 is 10.4 Å². The number of thiazole rings is 1. The van der Waals surface area contributed by atoms with E-state index < -0.39 is 29.4 Å². The number of nitrogens with zero attached hydrogens (tertiary/aromatic N) is 2. The standard InChI is InChI=1S/C18H15F2N3O3S/c19-12-5-11(6-13(20)7-12)15-14(8-21)27-18(22-15)23-16(24)9-2-1-3-10(4-9)17(25)26/h5-7,9-10H,1-4H2,(H,25,26)(H,22,23,24)/t9-,10+/m0/s1. The maximum absolute atomic E-state index is 13.4. The molecule has 6 nitrogen and oxygen atoms in total. The maximum Gasteiger partial charge on any atom is 0.306 e. The molecule has 0 radical (unpaired) electrons. The average molecular weight is 391 g/mol. The Hall–Kier alpha value is -2.86. The first-order valence-corrected chi connectivity index (χ1v) is 9.10. The van der Waals surface area contributed by atoms with Gasteiger partial charge in [0.25, 0.3) is 0 Å². The van der Waals surface area contributed by atoms with Crippen molar-refractivity contribution in [3.05, 3.63) is 34.7 Å². The van der Waals surface area contributed by atoms with Gasteiger partial charge in [0, 0.05) is 17.5 Å². The van der Waals surface area contributed by atoms with Gasteiger partial charge in [-0.3, -0.25) is 9.59 Å². The number of nitrogens with one attached hydrogen (secondary N) is 1. The molecule has 1 saturated carbocycles. The first-order valence-electron chi connectivity index (χ1n) is 8.28. The normalized spacial score (nSPS) is 19.3. The number of nitriles is 1. The van der Waals surface area contributed by atoms with Crippen molar-refractivity contribution in [2.45, 2.75) is 25.7 Å². The van der Waals surface area contributed by atoms with Crippen LogP contribution in [-0.4, -0.2) is 22.0 Å². The molecule has 9 heteroatoms. The Labute approximate surface area is 157 Å². The molecule has 1 aliphatic carbocycles. The Morgan fingerprint density at radius 3 is 2.52 bits per heavy atom. The van der Waals surface area contributed by atoms with Gasteiger partial charge in [-0.1, -0.05) is 17.8 Å². The monoisotopic (exact) mass is 391 g/mol. The molecule has 27 heavy (non-hydrogen) atoms. The molecule has 0 unspecified atom stereocenters. The molecule has 3 rings (SSSR count). The number of hydrogen-bond donors (Lipinski definition) is 2. The van der Waals surface area contributed by atoms with Gasteiger partial charge in [-0.05, 0) is 31.4 Å². The summed E-state index contributed by atoms with van der Waals surface area (Å²) in [5, 5.41) is 21.1. The second-order valence-electron chi connectivity index (χ2n) is 6.35. The zero-order valence-corrected chi connectivity index (χ0v) is 14.9. The number of aliphatic carboxylic acids is 1. The fourth-order valence-corrected chi connectivity index (χ4v) is 3.98. The van der Waals surface area contributed by atoms with E-state index in [0.717, 1.165) is 23.5 Å². The number of benzene rings is 1. The highest BCUT2D eigenvalue weighted by Crippen LogP contribution is 2.33. The molecular formula is C18H15F2N3O3S. The van der Waals surface area contributed by atoms with Crippen LogP contribution in [0.5, 0.6) is 0 Å². The molecule has 0 saturated heterocycles. The summed E-state index contributed by atoms with van der Waals surface area (Å²) in [6.07, 6.45) is 2.02. The van der Waals surface area contributed by atoms with Crippen molar-refractivity contribution in [2.24, 2.45) is 11.8 Å². The smallest absolute Gasteiger partial charge is 0.306 e. The Balaban J connectivity index is 1.80. The van der Waals surface area contributed by atoms with Gasteiger partial charge in [-0.25, -0.2) is 13.8 Å². The van der Waals surface area contributed by atoms with Crippen LogP contribution >= 0.6 is 11.3 Å². The largest absolute Gasteiger partial charge is 0.481 e. The molecule has 2 aromatic rings.